The van der Waals surface area contributed by atoms with Crippen LogP contribution in [0.4, 0.5) is 4.79 Å². The summed E-state index contributed by atoms with van der Waals surface area (Å²) in [5, 5.41) is 4.90. The Morgan fingerprint density at radius 3 is 2.47 bits per heavy atom. The van der Waals surface area contributed by atoms with Gasteiger partial charge in [-0.05, 0) is 25.0 Å². The van der Waals surface area contributed by atoms with Gasteiger partial charge >= 0.3 is 6.03 Å². The third-order valence-corrected chi connectivity index (χ3v) is 2.87. The van der Waals surface area contributed by atoms with Crippen LogP contribution in [0.25, 0.3) is 0 Å². The van der Waals surface area contributed by atoms with Crippen molar-refractivity contribution in [1.29, 1.82) is 0 Å². The number of hydrogen-bond acceptors (Lipinski definition) is 4. The van der Waals surface area contributed by atoms with Crippen LogP contribution in [0.1, 0.15) is 27.2 Å². The molecule has 0 aromatic rings. The van der Waals surface area contributed by atoms with E-state index >= 15 is 0 Å². The van der Waals surface area contributed by atoms with Crippen molar-refractivity contribution in [2.75, 3.05) is 18.1 Å². The highest BCUT2D eigenvalue weighted by atomic mass is 32.2. The fraction of sp³-hybridized carbons (Fsp3) is 0.818. The topological polar surface area (TPSA) is 84.2 Å². The van der Waals surface area contributed by atoms with E-state index in [-0.39, 0.29) is 11.9 Å². The molecule has 0 radical (unpaired) electrons. The summed E-state index contributed by atoms with van der Waals surface area (Å²) in [5.41, 5.74) is 5.58. The first-order valence-electron chi connectivity index (χ1n) is 5.82. The minimum Gasteiger partial charge on any atom is -0.338 e. The molecule has 0 aliphatic heterocycles. The average molecular weight is 261 g/mol. The van der Waals surface area contributed by atoms with Crippen LogP contribution >= 0.6 is 11.8 Å². The number of amides is 3. The van der Waals surface area contributed by atoms with Gasteiger partial charge in [0.2, 0.25) is 5.91 Å². The standard InChI is InChI=1S/C11H23N3O2S/c1-8(2)6-13-11(16)14-10(15)7-17-5-4-9(3)12/h8-9H,4-7,12H2,1-3H3,(H2,13,14,15,16). The fourth-order valence-corrected chi connectivity index (χ4v) is 1.88. The Morgan fingerprint density at radius 1 is 1.29 bits per heavy atom. The van der Waals surface area contributed by atoms with E-state index in [0.29, 0.717) is 18.2 Å². The lowest BCUT2D eigenvalue weighted by atomic mass is 10.2. The number of nitrogens with two attached hydrogens (primary N) is 1. The van der Waals surface area contributed by atoms with Crippen molar-refractivity contribution < 1.29 is 9.59 Å². The molecule has 0 spiro atoms. The van der Waals surface area contributed by atoms with Crippen molar-refractivity contribution in [2.24, 2.45) is 11.7 Å². The van der Waals surface area contributed by atoms with Crippen molar-refractivity contribution in [1.82, 2.24) is 10.6 Å². The van der Waals surface area contributed by atoms with Gasteiger partial charge in [0.1, 0.15) is 0 Å². The summed E-state index contributed by atoms with van der Waals surface area (Å²) in [4.78, 5) is 22.5. The minimum absolute atomic E-state index is 0.153. The molecule has 0 heterocycles. The van der Waals surface area contributed by atoms with Crippen LogP contribution in [0.2, 0.25) is 0 Å². The molecule has 0 aromatic carbocycles. The molecule has 4 N–H and O–H groups in total. The van der Waals surface area contributed by atoms with Crippen LogP contribution in [0, 0.1) is 5.92 Å². The Morgan fingerprint density at radius 2 is 1.94 bits per heavy atom. The monoisotopic (exact) mass is 261 g/mol. The molecule has 0 saturated carbocycles. The predicted octanol–water partition coefficient (Wildman–Crippen LogP) is 0.939. The van der Waals surface area contributed by atoms with Crippen LogP contribution < -0.4 is 16.4 Å². The molecule has 6 heteroatoms. The van der Waals surface area contributed by atoms with Crippen molar-refractivity contribution in [2.45, 2.75) is 33.2 Å². The van der Waals surface area contributed by atoms with Gasteiger partial charge in [-0.1, -0.05) is 13.8 Å². The Hall–Kier alpha value is -0.750. The number of carbonyl (C=O) groups is 2. The number of urea groups is 1. The second kappa shape index (κ2) is 9.30. The molecule has 1 unspecified atom stereocenters. The number of nitrogens with one attached hydrogen (secondary N) is 2. The zero-order chi connectivity index (χ0) is 13.3. The number of imide groups is 1. The summed E-state index contributed by atoms with van der Waals surface area (Å²) in [6.07, 6.45) is 0.873. The zero-order valence-corrected chi connectivity index (χ0v) is 11.6. The van der Waals surface area contributed by atoms with E-state index in [1.54, 1.807) is 0 Å². The first-order chi connectivity index (χ1) is 7.91. The number of hydrogen-bond donors (Lipinski definition) is 3. The summed E-state index contributed by atoms with van der Waals surface area (Å²) >= 11 is 1.48. The molecular weight excluding hydrogens is 238 g/mol. The third kappa shape index (κ3) is 11.5. The predicted molar refractivity (Wildman–Crippen MR) is 72.0 cm³/mol. The van der Waals surface area contributed by atoms with E-state index in [1.807, 2.05) is 20.8 Å². The summed E-state index contributed by atoms with van der Waals surface area (Å²) in [7, 11) is 0. The van der Waals surface area contributed by atoms with Gasteiger partial charge in [-0.15, -0.1) is 0 Å². The quantitative estimate of drug-likeness (QED) is 0.595. The van der Waals surface area contributed by atoms with Crippen molar-refractivity contribution in [3.05, 3.63) is 0 Å². The maximum absolute atomic E-state index is 11.3. The van der Waals surface area contributed by atoms with Gasteiger partial charge in [0.05, 0.1) is 5.75 Å². The van der Waals surface area contributed by atoms with Crippen molar-refractivity contribution in [3.8, 4) is 0 Å². The second-order valence-corrected chi connectivity index (χ2v) is 5.58. The summed E-state index contributed by atoms with van der Waals surface area (Å²) in [6, 6.07) is -0.267. The van der Waals surface area contributed by atoms with Gasteiger partial charge in [-0.25, -0.2) is 4.79 Å². The smallest absolute Gasteiger partial charge is 0.321 e. The Bertz CT molecular complexity index is 245. The minimum atomic E-state index is -0.420. The second-order valence-electron chi connectivity index (χ2n) is 4.47. The van der Waals surface area contributed by atoms with Crippen molar-refractivity contribution >= 4 is 23.7 Å². The molecule has 3 amide bonds. The van der Waals surface area contributed by atoms with Gasteiger partial charge in [-0.2, -0.15) is 11.8 Å². The lowest BCUT2D eigenvalue weighted by molar-refractivity contribution is -0.117. The molecule has 17 heavy (non-hydrogen) atoms. The maximum atomic E-state index is 11.3. The highest BCUT2D eigenvalue weighted by molar-refractivity contribution is 7.99. The highest BCUT2D eigenvalue weighted by Gasteiger charge is 2.07. The molecule has 0 rings (SSSR count). The van der Waals surface area contributed by atoms with Crippen molar-refractivity contribution in [3.63, 3.8) is 0 Å². The maximum Gasteiger partial charge on any atom is 0.321 e. The summed E-state index contributed by atoms with van der Waals surface area (Å²) < 4.78 is 0. The van der Waals surface area contributed by atoms with Crippen LogP contribution in [0.5, 0.6) is 0 Å². The van der Waals surface area contributed by atoms with Crippen LogP contribution in [-0.4, -0.2) is 36.0 Å². The molecule has 0 fully saturated rings. The van der Waals surface area contributed by atoms with Gasteiger partial charge < -0.3 is 11.1 Å². The first kappa shape index (κ1) is 16.2. The average Bonchev–Trinajstić information content (AvgIpc) is 2.21. The molecule has 5 nitrogen and oxygen atoms in total. The molecule has 0 bridgehead atoms. The van der Waals surface area contributed by atoms with E-state index in [0.717, 1.165) is 12.2 Å². The lowest BCUT2D eigenvalue weighted by Crippen LogP contribution is -2.41. The lowest BCUT2D eigenvalue weighted by Gasteiger charge is -2.08. The Balaban J connectivity index is 3.54. The third-order valence-electron chi connectivity index (χ3n) is 1.87. The van der Waals surface area contributed by atoms with E-state index < -0.39 is 6.03 Å². The number of thioether (sulfide) groups is 1. The van der Waals surface area contributed by atoms with Gasteiger partial charge in [-0.3, -0.25) is 10.1 Å². The summed E-state index contributed by atoms with van der Waals surface area (Å²) in [6.45, 7) is 6.48. The van der Waals surface area contributed by atoms with E-state index in [4.69, 9.17) is 5.73 Å². The fourth-order valence-electron chi connectivity index (χ4n) is 0.938. The van der Waals surface area contributed by atoms with Crippen LogP contribution in [0.15, 0.2) is 0 Å². The largest absolute Gasteiger partial charge is 0.338 e. The Labute approximate surface area is 107 Å². The van der Waals surface area contributed by atoms with Crippen LogP contribution in [-0.2, 0) is 4.79 Å². The van der Waals surface area contributed by atoms with E-state index in [1.165, 1.54) is 11.8 Å². The SMILES string of the molecule is CC(C)CNC(=O)NC(=O)CSCCC(C)N. The molecule has 100 valence electrons. The molecule has 0 saturated heterocycles. The summed E-state index contributed by atoms with van der Waals surface area (Å²) in [5.74, 6) is 1.23. The Kier molecular flexibility index (Phi) is 8.89. The van der Waals surface area contributed by atoms with Gasteiger partial charge in [0.25, 0.3) is 0 Å². The number of rotatable bonds is 7. The van der Waals surface area contributed by atoms with Gasteiger partial charge in [0, 0.05) is 12.6 Å². The molecule has 0 aliphatic carbocycles. The molecular formula is C11H23N3O2S. The first-order valence-corrected chi connectivity index (χ1v) is 6.98. The normalized spacial score (nSPS) is 12.3. The molecule has 1 atom stereocenters. The zero-order valence-electron chi connectivity index (χ0n) is 10.8. The highest BCUT2D eigenvalue weighted by Crippen LogP contribution is 2.03. The van der Waals surface area contributed by atoms with E-state index in [2.05, 4.69) is 10.6 Å². The molecule has 0 aromatic heterocycles. The van der Waals surface area contributed by atoms with Crippen LogP contribution in [0.3, 0.4) is 0 Å². The molecule has 0 aliphatic rings. The van der Waals surface area contributed by atoms with E-state index in [9.17, 15) is 9.59 Å². The van der Waals surface area contributed by atoms with Gasteiger partial charge in [0.15, 0.2) is 0 Å². The number of carbonyl (C=O) groups excluding carboxylic acids is 2.